The Morgan fingerprint density at radius 3 is 2.47 bits per heavy atom. The van der Waals surface area contributed by atoms with E-state index < -0.39 is 5.91 Å². The topological polar surface area (TPSA) is 87.3 Å². The van der Waals surface area contributed by atoms with E-state index in [1.165, 1.54) is 18.4 Å². The molecule has 1 aromatic rings. The Balaban J connectivity index is 2.24. The summed E-state index contributed by atoms with van der Waals surface area (Å²) in [6.07, 6.45) is 0. The van der Waals surface area contributed by atoms with Gasteiger partial charge in [0.15, 0.2) is 0 Å². The first-order chi connectivity index (χ1) is 8.13. The maximum Gasteiger partial charge on any atom is 0.261 e. The van der Waals surface area contributed by atoms with Crippen LogP contribution in [0.3, 0.4) is 0 Å². The highest BCUT2D eigenvalue weighted by Crippen LogP contribution is 2.07. The average molecular weight is 255 g/mol. The smallest absolute Gasteiger partial charge is 0.261 e. The van der Waals surface area contributed by atoms with Gasteiger partial charge >= 0.3 is 0 Å². The maximum atomic E-state index is 11.4. The molecule has 0 radical (unpaired) electrons. The predicted molar refractivity (Wildman–Crippen MR) is 63.7 cm³/mol. The predicted octanol–water partition coefficient (Wildman–Crippen LogP) is -0.660. The zero-order valence-electron chi connectivity index (χ0n) is 9.28. The number of nitrogens with one attached hydrogen (secondary N) is 3. The third-order valence-corrected chi connectivity index (χ3v) is 2.75. The van der Waals surface area contributed by atoms with Gasteiger partial charge < -0.3 is 16.0 Å². The van der Waals surface area contributed by atoms with Gasteiger partial charge in [-0.15, -0.1) is 11.3 Å². The van der Waals surface area contributed by atoms with Crippen LogP contribution in [0.5, 0.6) is 0 Å². The van der Waals surface area contributed by atoms with Crippen LogP contribution >= 0.6 is 11.3 Å². The Bertz CT molecular complexity index is 403. The van der Waals surface area contributed by atoms with Crippen molar-refractivity contribution in [3.63, 3.8) is 0 Å². The van der Waals surface area contributed by atoms with Gasteiger partial charge in [0.25, 0.3) is 5.91 Å². The number of hydrogen-bond acceptors (Lipinski definition) is 4. The van der Waals surface area contributed by atoms with Crippen LogP contribution in [0.25, 0.3) is 0 Å². The minimum atomic E-state index is -0.404. The first kappa shape index (κ1) is 13.2. The lowest BCUT2D eigenvalue weighted by atomic mass is 10.4. The van der Waals surface area contributed by atoms with Gasteiger partial charge in [0.1, 0.15) is 0 Å². The number of amides is 3. The fraction of sp³-hybridized carbons (Fsp3) is 0.300. The highest BCUT2D eigenvalue weighted by atomic mass is 32.1. The molecule has 1 heterocycles. The van der Waals surface area contributed by atoms with E-state index in [0.717, 1.165) is 0 Å². The van der Waals surface area contributed by atoms with E-state index in [1.807, 2.05) is 0 Å². The molecule has 1 rings (SSSR count). The molecule has 0 saturated heterocycles. The van der Waals surface area contributed by atoms with E-state index in [2.05, 4.69) is 16.0 Å². The number of carbonyl (C=O) groups excluding carboxylic acids is 3. The fourth-order valence-electron chi connectivity index (χ4n) is 0.985. The van der Waals surface area contributed by atoms with E-state index in [9.17, 15) is 14.4 Å². The maximum absolute atomic E-state index is 11.4. The molecule has 0 aliphatic carbocycles. The Morgan fingerprint density at radius 2 is 1.88 bits per heavy atom. The first-order valence-corrected chi connectivity index (χ1v) is 5.80. The van der Waals surface area contributed by atoms with Crippen molar-refractivity contribution in [3.8, 4) is 0 Å². The van der Waals surface area contributed by atoms with Crippen molar-refractivity contribution >= 4 is 29.1 Å². The fourth-order valence-corrected chi connectivity index (χ4v) is 1.63. The summed E-state index contributed by atoms with van der Waals surface area (Å²) in [6, 6.07) is 3.42. The van der Waals surface area contributed by atoms with Crippen LogP contribution in [-0.4, -0.2) is 37.9 Å². The van der Waals surface area contributed by atoms with Gasteiger partial charge in [0.05, 0.1) is 18.0 Å². The molecular formula is C10H13N3O3S. The van der Waals surface area contributed by atoms with Gasteiger partial charge in [0, 0.05) is 7.05 Å². The molecule has 0 bridgehead atoms. The number of thiophene rings is 1. The monoisotopic (exact) mass is 255 g/mol. The number of rotatable bonds is 5. The molecule has 0 spiro atoms. The SMILES string of the molecule is CNC(=O)CNC(=O)CNC(=O)c1cccs1. The highest BCUT2D eigenvalue weighted by Gasteiger charge is 2.08. The summed E-state index contributed by atoms with van der Waals surface area (Å²) in [4.78, 5) is 34.1. The van der Waals surface area contributed by atoms with Crippen LogP contribution in [-0.2, 0) is 9.59 Å². The Labute approximate surface area is 102 Å². The summed E-state index contributed by atoms with van der Waals surface area (Å²) in [5, 5.41) is 8.97. The molecule has 0 unspecified atom stereocenters. The van der Waals surface area contributed by atoms with Gasteiger partial charge in [-0.3, -0.25) is 14.4 Å². The molecule has 92 valence electrons. The van der Waals surface area contributed by atoms with Crippen LogP contribution in [0.4, 0.5) is 0 Å². The molecular weight excluding hydrogens is 242 g/mol. The average Bonchev–Trinajstić information content (AvgIpc) is 2.86. The van der Waals surface area contributed by atoms with Crippen LogP contribution in [0, 0.1) is 0 Å². The molecule has 7 heteroatoms. The summed E-state index contributed by atoms with van der Waals surface area (Å²) >= 11 is 1.30. The minimum absolute atomic E-state index is 0.0930. The van der Waals surface area contributed by atoms with Crippen LogP contribution < -0.4 is 16.0 Å². The second-order valence-electron chi connectivity index (χ2n) is 3.11. The minimum Gasteiger partial charge on any atom is -0.358 e. The van der Waals surface area contributed by atoms with Crippen molar-refractivity contribution in [1.82, 2.24) is 16.0 Å². The van der Waals surface area contributed by atoms with Crippen molar-refractivity contribution in [2.75, 3.05) is 20.1 Å². The summed E-state index contributed by atoms with van der Waals surface area (Å²) < 4.78 is 0. The zero-order valence-corrected chi connectivity index (χ0v) is 10.1. The molecule has 17 heavy (non-hydrogen) atoms. The largest absolute Gasteiger partial charge is 0.358 e. The van der Waals surface area contributed by atoms with E-state index in [4.69, 9.17) is 0 Å². The molecule has 0 saturated carbocycles. The first-order valence-electron chi connectivity index (χ1n) is 4.92. The molecule has 0 aromatic carbocycles. The summed E-state index contributed by atoms with van der Waals surface area (Å²) in [5.74, 6) is -0.989. The van der Waals surface area contributed by atoms with Crippen LogP contribution in [0.15, 0.2) is 17.5 Å². The van der Waals surface area contributed by atoms with Crippen LogP contribution in [0.1, 0.15) is 9.67 Å². The molecule has 3 amide bonds. The Morgan fingerprint density at radius 1 is 1.18 bits per heavy atom. The third kappa shape index (κ3) is 4.64. The van der Waals surface area contributed by atoms with Gasteiger partial charge in [-0.1, -0.05) is 6.07 Å². The molecule has 0 atom stereocenters. The van der Waals surface area contributed by atoms with E-state index in [1.54, 1.807) is 17.5 Å². The highest BCUT2D eigenvalue weighted by molar-refractivity contribution is 7.12. The zero-order chi connectivity index (χ0) is 12.7. The van der Waals surface area contributed by atoms with Crippen molar-refractivity contribution in [2.24, 2.45) is 0 Å². The lowest BCUT2D eigenvalue weighted by Gasteiger charge is -2.05. The number of hydrogen-bond donors (Lipinski definition) is 3. The van der Waals surface area contributed by atoms with Crippen molar-refractivity contribution < 1.29 is 14.4 Å². The Kier molecular flexibility index (Phi) is 5.15. The van der Waals surface area contributed by atoms with Gasteiger partial charge in [-0.2, -0.15) is 0 Å². The van der Waals surface area contributed by atoms with Gasteiger partial charge in [-0.25, -0.2) is 0 Å². The lowest BCUT2D eigenvalue weighted by Crippen LogP contribution is -2.41. The summed E-state index contributed by atoms with van der Waals surface area (Å²) in [7, 11) is 1.48. The number of carbonyl (C=O) groups is 3. The van der Waals surface area contributed by atoms with Gasteiger partial charge in [-0.05, 0) is 11.4 Å². The second kappa shape index (κ2) is 6.64. The third-order valence-electron chi connectivity index (χ3n) is 1.88. The van der Waals surface area contributed by atoms with Crippen molar-refractivity contribution in [1.29, 1.82) is 0 Å². The van der Waals surface area contributed by atoms with Gasteiger partial charge in [0.2, 0.25) is 11.8 Å². The molecule has 1 aromatic heterocycles. The van der Waals surface area contributed by atoms with Crippen molar-refractivity contribution in [3.05, 3.63) is 22.4 Å². The normalized spacial score (nSPS) is 9.47. The Hall–Kier alpha value is -1.89. The van der Waals surface area contributed by atoms with Crippen molar-refractivity contribution in [2.45, 2.75) is 0 Å². The molecule has 6 nitrogen and oxygen atoms in total. The molecule has 3 N–H and O–H groups in total. The molecule has 0 aliphatic rings. The molecule has 0 aliphatic heterocycles. The van der Waals surface area contributed by atoms with E-state index in [0.29, 0.717) is 4.88 Å². The summed E-state index contributed by atoms with van der Waals surface area (Å²) in [6.45, 7) is -0.238. The lowest BCUT2D eigenvalue weighted by molar-refractivity contribution is -0.125. The number of likely N-dealkylation sites (N-methyl/N-ethyl adjacent to an activating group) is 1. The van der Waals surface area contributed by atoms with Crippen LogP contribution in [0.2, 0.25) is 0 Å². The van der Waals surface area contributed by atoms with E-state index >= 15 is 0 Å². The molecule has 0 fully saturated rings. The van der Waals surface area contributed by atoms with E-state index in [-0.39, 0.29) is 24.9 Å². The quantitative estimate of drug-likeness (QED) is 0.652. The summed E-state index contributed by atoms with van der Waals surface area (Å²) in [5.41, 5.74) is 0. The standard InChI is InChI=1S/C10H13N3O3S/c1-11-8(14)5-12-9(15)6-13-10(16)7-3-2-4-17-7/h2-4H,5-6H2,1H3,(H,11,14)(H,12,15)(H,13,16). The second-order valence-corrected chi connectivity index (χ2v) is 4.06.